The third-order valence-electron chi connectivity index (χ3n) is 5.43. The Morgan fingerprint density at radius 3 is 2.69 bits per heavy atom. The van der Waals surface area contributed by atoms with Crippen molar-refractivity contribution in [2.45, 2.75) is 50.7 Å². The van der Waals surface area contributed by atoms with Crippen LogP contribution in [0, 0.1) is 5.92 Å². The highest BCUT2D eigenvalue weighted by atomic mass is 127. The van der Waals surface area contributed by atoms with Crippen LogP contribution in [0.3, 0.4) is 0 Å². The summed E-state index contributed by atoms with van der Waals surface area (Å²) in [6.45, 7) is 6.07. The normalized spacial score (nSPS) is 29.3. The first-order chi connectivity index (χ1) is 12.0. The van der Waals surface area contributed by atoms with E-state index in [-0.39, 0.29) is 36.4 Å². The predicted molar refractivity (Wildman–Crippen MR) is 114 cm³/mol. The molecule has 3 aliphatic rings. The van der Waals surface area contributed by atoms with Gasteiger partial charge < -0.3 is 20.3 Å². The quantitative estimate of drug-likeness (QED) is 0.337. The van der Waals surface area contributed by atoms with Crippen molar-refractivity contribution in [3.05, 3.63) is 0 Å². The molecule has 0 spiro atoms. The number of nitrogens with zero attached hydrogens (tertiary/aromatic N) is 3. The molecule has 0 radical (unpaired) electrons. The molecule has 2 saturated heterocycles. The van der Waals surface area contributed by atoms with Gasteiger partial charge in [0.25, 0.3) is 0 Å². The van der Waals surface area contributed by atoms with E-state index < -0.39 is 0 Å². The second kappa shape index (κ2) is 10.1. The number of likely N-dealkylation sites (tertiary alicyclic amines) is 1. The van der Waals surface area contributed by atoms with Crippen molar-refractivity contribution in [1.29, 1.82) is 0 Å². The van der Waals surface area contributed by atoms with Gasteiger partial charge in [-0.05, 0) is 32.6 Å². The average Bonchev–Trinajstić information content (AvgIpc) is 3.15. The van der Waals surface area contributed by atoms with E-state index in [2.05, 4.69) is 27.4 Å². The summed E-state index contributed by atoms with van der Waals surface area (Å²) < 4.78 is 5.45. The van der Waals surface area contributed by atoms with Crippen molar-refractivity contribution < 1.29 is 9.53 Å². The Morgan fingerprint density at radius 1 is 1.31 bits per heavy atom. The molecule has 0 aromatic heterocycles. The Labute approximate surface area is 174 Å². The maximum absolute atomic E-state index is 11.9. The summed E-state index contributed by atoms with van der Waals surface area (Å²) in [7, 11) is 3.53. The van der Waals surface area contributed by atoms with Gasteiger partial charge in [-0.15, -0.1) is 24.0 Å². The summed E-state index contributed by atoms with van der Waals surface area (Å²) in [6.07, 6.45) is 4.91. The van der Waals surface area contributed by atoms with E-state index in [9.17, 15) is 4.79 Å². The number of hydrogen-bond donors (Lipinski definition) is 2. The molecule has 7 nitrogen and oxygen atoms in total. The Kier molecular flexibility index (Phi) is 8.41. The third-order valence-corrected chi connectivity index (χ3v) is 5.43. The molecule has 3 unspecified atom stereocenters. The van der Waals surface area contributed by atoms with Crippen molar-refractivity contribution in [1.82, 2.24) is 20.4 Å². The third kappa shape index (κ3) is 6.23. The van der Waals surface area contributed by atoms with Gasteiger partial charge in [0.1, 0.15) is 6.54 Å². The number of aliphatic imine (C=N–C) groups is 1. The standard InChI is InChI=1S/C18H33N5O2.HI/c1-13-8-15(11-23(13)16-4-5-16)21-18(20-10-17(24)22(2)3)19-9-14-6-7-25-12-14;/h13-16H,4-12H2,1-3H3,(H2,19,20,21);1H. The smallest absolute Gasteiger partial charge is 0.243 e. The van der Waals surface area contributed by atoms with Crippen molar-refractivity contribution in [2.75, 3.05) is 46.9 Å². The lowest BCUT2D eigenvalue weighted by Crippen LogP contribution is -2.46. The number of carbonyl (C=O) groups excluding carboxylic acids is 1. The lowest BCUT2D eigenvalue weighted by molar-refractivity contribution is -0.127. The van der Waals surface area contributed by atoms with Crippen molar-refractivity contribution in [2.24, 2.45) is 10.9 Å². The molecule has 1 saturated carbocycles. The van der Waals surface area contributed by atoms with Crippen LogP contribution >= 0.6 is 24.0 Å². The van der Waals surface area contributed by atoms with Gasteiger partial charge in [0.15, 0.2) is 5.96 Å². The van der Waals surface area contributed by atoms with Gasteiger partial charge >= 0.3 is 0 Å². The van der Waals surface area contributed by atoms with Crippen LogP contribution in [-0.2, 0) is 9.53 Å². The molecular weight excluding hydrogens is 445 g/mol. The lowest BCUT2D eigenvalue weighted by Gasteiger charge is -2.21. The number of guanidine groups is 1. The molecule has 0 aromatic rings. The Morgan fingerprint density at radius 2 is 2.08 bits per heavy atom. The minimum Gasteiger partial charge on any atom is -0.381 e. The van der Waals surface area contributed by atoms with Gasteiger partial charge in [-0.1, -0.05) is 0 Å². The highest BCUT2D eigenvalue weighted by Gasteiger charge is 2.39. The molecule has 150 valence electrons. The molecule has 3 rings (SSSR count). The molecule has 26 heavy (non-hydrogen) atoms. The van der Waals surface area contributed by atoms with Crippen LogP contribution in [0.15, 0.2) is 4.99 Å². The maximum Gasteiger partial charge on any atom is 0.243 e. The van der Waals surface area contributed by atoms with Crippen molar-refractivity contribution >= 4 is 35.8 Å². The van der Waals surface area contributed by atoms with Crippen LogP contribution in [-0.4, -0.2) is 86.7 Å². The first-order valence-electron chi connectivity index (χ1n) is 9.61. The van der Waals surface area contributed by atoms with Gasteiger partial charge in [0.2, 0.25) is 5.91 Å². The van der Waals surface area contributed by atoms with Crippen LogP contribution in [0.2, 0.25) is 0 Å². The van der Waals surface area contributed by atoms with E-state index in [0.717, 1.165) is 51.1 Å². The maximum atomic E-state index is 11.9. The minimum absolute atomic E-state index is 0. The van der Waals surface area contributed by atoms with E-state index >= 15 is 0 Å². The summed E-state index contributed by atoms with van der Waals surface area (Å²) in [5.41, 5.74) is 0. The van der Waals surface area contributed by atoms with Crippen LogP contribution < -0.4 is 10.6 Å². The number of halogens is 1. The summed E-state index contributed by atoms with van der Waals surface area (Å²) >= 11 is 0. The van der Waals surface area contributed by atoms with Gasteiger partial charge in [0.05, 0.1) is 6.61 Å². The lowest BCUT2D eigenvalue weighted by atomic mass is 10.1. The Hall–Kier alpha value is -0.610. The van der Waals surface area contributed by atoms with Gasteiger partial charge in [-0.2, -0.15) is 0 Å². The molecule has 2 N–H and O–H groups in total. The molecule has 1 aliphatic carbocycles. The zero-order valence-corrected chi connectivity index (χ0v) is 18.6. The van der Waals surface area contributed by atoms with Gasteiger partial charge in [-0.3, -0.25) is 9.69 Å². The van der Waals surface area contributed by atoms with Crippen molar-refractivity contribution in [3.63, 3.8) is 0 Å². The van der Waals surface area contributed by atoms with E-state index in [0.29, 0.717) is 18.0 Å². The predicted octanol–water partition coefficient (Wildman–Crippen LogP) is 0.890. The molecule has 2 heterocycles. The van der Waals surface area contributed by atoms with E-state index in [1.165, 1.54) is 12.8 Å². The molecule has 0 bridgehead atoms. The van der Waals surface area contributed by atoms with Crippen LogP contribution in [0.1, 0.15) is 32.6 Å². The minimum atomic E-state index is 0. The zero-order valence-electron chi connectivity index (χ0n) is 16.2. The van der Waals surface area contributed by atoms with Crippen LogP contribution in [0.5, 0.6) is 0 Å². The zero-order chi connectivity index (χ0) is 17.8. The second-order valence-electron chi connectivity index (χ2n) is 7.92. The summed E-state index contributed by atoms with van der Waals surface area (Å²) in [4.78, 5) is 20.6. The number of rotatable bonds is 6. The topological polar surface area (TPSA) is 69.2 Å². The monoisotopic (exact) mass is 479 g/mol. The van der Waals surface area contributed by atoms with E-state index in [1.54, 1.807) is 19.0 Å². The SMILES string of the molecule is CC1CC(NC(=NCC(=O)N(C)C)NCC2CCOC2)CN1C1CC1.I. The number of carbonyl (C=O) groups is 1. The fourth-order valence-corrected chi connectivity index (χ4v) is 3.70. The van der Waals surface area contributed by atoms with Crippen molar-refractivity contribution in [3.8, 4) is 0 Å². The summed E-state index contributed by atoms with van der Waals surface area (Å²) in [5.74, 6) is 1.31. The number of nitrogens with one attached hydrogen (secondary N) is 2. The van der Waals surface area contributed by atoms with E-state index in [4.69, 9.17) is 4.74 Å². The largest absolute Gasteiger partial charge is 0.381 e. The van der Waals surface area contributed by atoms with Gasteiger partial charge in [-0.25, -0.2) is 4.99 Å². The highest BCUT2D eigenvalue weighted by molar-refractivity contribution is 14.0. The van der Waals surface area contributed by atoms with E-state index in [1.807, 2.05) is 0 Å². The molecule has 3 atom stereocenters. The van der Waals surface area contributed by atoms with Gasteiger partial charge in [0, 0.05) is 57.8 Å². The summed E-state index contributed by atoms with van der Waals surface area (Å²) in [5, 5.41) is 6.99. The molecule has 0 aromatic carbocycles. The number of amides is 1. The molecule has 1 amide bonds. The molecular formula is C18H34IN5O2. The second-order valence-corrected chi connectivity index (χ2v) is 7.92. The summed E-state index contributed by atoms with van der Waals surface area (Å²) in [6, 6.07) is 1.81. The first-order valence-corrected chi connectivity index (χ1v) is 9.61. The first kappa shape index (κ1) is 21.7. The molecule has 3 fully saturated rings. The number of likely N-dealkylation sites (N-methyl/N-ethyl adjacent to an activating group) is 1. The highest BCUT2D eigenvalue weighted by Crippen LogP contribution is 2.33. The Bertz CT molecular complexity index is 492. The van der Waals surface area contributed by atoms with Crippen LogP contribution in [0.25, 0.3) is 0 Å². The number of ether oxygens (including phenoxy) is 1. The fraction of sp³-hybridized carbons (Fsp3) is 0.889. The Balaban J connectivity index is 0.00000243. The average molecular weight is 479 g/mol. The number of hydrogen-bond acceptors (Lipinski definition) is 4. The fourth-order valence-electron chi connectivity index (χ4n) is 3.70. The van der Waals surface area contributed by atoms with Crippen LogP contribution in [0.4, 0.5) is 0 Å². The molecule has 8 heteroatoms. The molecule has 2 aliphatic heterocycles.